The predicted octanol–water partition coefficient (Wildman–Crippen LogP) is 6.22. The van der Waals surface area contributed by atoms with Crippen molar-refractivity contribution in [3.05, 3.63) is 95.9 Å². The molecule has 0 aliphatic carbocycles. The number of rotatable bonds is 5. The smallest absolute Gasteiger partial charge is 0.255 e. The molecule has 194 valence electrons. The van der Waals surface area contributed by atoms with Gasteiger partial charge >= 0.3 is 0 Å². The Labute approximate surface area is 228 Å². The van der Waals surface area contributed by atoms with Crippen molar-refractivity contribution in [1.82, 2.24) is 35.1 Å². The third-order valence-electron chi connectivity index (χ3n) is 6.30. The van der Waals surface area contributed by atoms with Crippen LogP contribution in [0.2, 0.25) is 0 Å². The fourth-order valence-electron chi connectivity index (χ4n) is 4.44. The van der Waals surface area contributed by atoms with E-state index in [1.807, 2.05) is 6.07 Å². The molecule has 0 fully saturated rings. The van der Waals surface area contributed by atoms with Crippen LogP contribution in [0.4, 0.5) is 14.5 Å². The van der Waals surface area contributed by atoms with E-state index >= 15 is 4.39 Å². The fourth-order valence-corrected chi connectivity index (χ4v) is 5.17. The first-order chi connectivity index (χ1) is 19.5. The Balaban J connectivity index is 1.28. The molecule has 0 atom stereocenters. The Morgan fingerprint density at radius 2 is 1.82 bits per heavy atom. The van der Waals surface area contributed by atoms with Crippen molar-refractivity contribution < 1.29 is 13.6 Å². The molecule has 7 aromatic rings. The molecule has 1 amide bonds. The van der Waals surface area contributed by atoms with Crippen molar-refractivity contribution in [1.29, 1.82) is 0 Å². The Hall–Kier alpha value is -5.36. The number of thiophene rings is 1. The number of benzene rings is 1. The average molecular weight is 551 g/mol. The maximum Gasteiger partial charge on any atom is 0.255 e. The Morgan fingerprint density at radius 1 is 0.950 bits per heavy atom. The molecule has 6 heterocycles. The number of carbonyl (C=O) groups is 1. The zero-order valence-electron chi connectivity index (χ0n) is 20.3. The van der Waals surface area contributed by atoms with Gasteiger partial charge in [-0.05, 0) is 36.4 Å². The minimum atomic E-state index is -0.582. The van der Waals surface area contributed by atoms with Crippen LogP contribution in [-0.2, 0) is 0 Å². The van der Waals surface area contributed by atoms with Crippen molar-refractivity contribution in [3.63, 3.8) is 0 Å². The van der Waals surface area contributed by atoms with Crippen molar-refractivity contribution in [2.24, 2.45) is 0 Å². The number of carbonyl (C=O) groups excluding carboxylic acids is 1. The lowest BCUT2D eigenvalue weighted by Crippen LogP contribution is -2.11. The number of imidazole rings is 1. The minimum absolute atomic E-state index is 0.131. The first kappa shape index (κ1) is 23.7. The second-order valence-corrected chi connectivity index (χ2v) is 9.84. The largest absolute Gasteiger partial charge is 0.336 e. The van der Waals surface area contributed by atoms with E-state index in [0.717, 1.165) is 11.3 Å². The number of halogens is 2. The number of amides is 1. The number of aromatic amines is 2. The maximum atomic E-state index is 16.1. The van der Waals surface area contributed by atoms with Crippen molar-refractivity contribution in [3.8, 4) is 33.2 Å². The van der Waals surface area contributed by atoms with E-state index < -0.39 is 5.82 Å². The summed E-state index contributed by atoms with van der Waals surface area (Å²) in [5.74, 6) is -0.594. The number of nitrogens with one attached hydrogen (secondary N) is 3. The summed E-state index contributed by atoms with van der Waals surface area (Å²) in [6.07, 6.45) is 5.95. The molecule has 12 heteroatoms. The lowest BCUT2D eigenvalue weighted by Gasteiger charge is -2.08. The summed E-state index contributed by atoms with van der Waals surface area (Å²) in [5.41, 5.74) is 3.59. The lowest BCUT2D eigenvalue weighted by molar-refractivity contribution is 0.102. The van der Waals surface area contributed by atoms with Gasteiger partial charge in [-0.2, -0.15) is 9.49 Å². The highest BCUT2D eigenvalue weighted by Gasteiger charge is 2.22. The first-order valence-corrected chi connectivity index (χ1v) is 12.8. The predicted molar refractivity (Wildman–Crippen MR) is 148 cm³/mol. The van der Waals surface area contributed by atoms with Gasteiger partial charge in [0.05, 0.1) is 27.7 Å². The summed E-state index contributed by atoms with van der Waals surface area (Å²) >= 11 is 0.963. The topological polar surface area (TPSA) is 125 Å². The highest BCUT2D eigenvalue weighted by atomic mass is 32.1. The van der Waals surface area contributed by atoms with Crippen LogP contribution in [0.1, 0.15) is 10.4 Å². The number of hydrogen-bond donors (Lipinski definition) is 3. The van der Waals surface area contributed by atoms with Gasteiger partial charge in [0.15, 0.2) is 16.6 Å². The monoisotopic (exact) mass is 550 g/mol. The van der Waals surface area contributed by atoms with Crippen molar-refractivity contribution in [2.75, 3.05) is 5.32 Å². The molecule has 3 N–H and O–H groups in total. The molecule has 0 saturated carbocycles. The molecule has 0 unspecified atom stereocenters. The summed E-state index contributed by atoms with van der Waals surface area (Å²) in [6.45, 7) is 0. The van der Waals surface area contributed by atoms with Crippen LogP contribution < -0.4 is 5.32 Å². The quantitative estimate of drug-likeness (QED) is 0.234. The molecule has 9 nitrogen and oxygen atoms in total. The number of hydrogen-bond acceptors (Lipinski definition) is 7. The van der Waals surface area contributed by atoms with Gasteiger partial charge in [-0.3, -0.25) is 19.9 Å². The van der Waals surface area contributed by atoms with Gasteiger partial charge in [-0.1, -0.05) is 18.2 Å². The Morgan fingerprint density at radius 3 is 2.65 bits per heavy atom. The molecule has 0 aliphatic rings. The van der Waals surface area contributed by atoms with E-state index in [1.165, 1.54) is 24.7 Å². The van der Waals surface area contributed by atoms with Gasteiger partial charge in [0.2, 0.25) is 0 Å². The van der Waals surface area contributed by atoms with E-state index in [-0.39, 0.29) is 33.3 Å². The average Bonchev–Trinajstić information content (AvgIpc) is 3.72. The summed E-state index contributed by atoms with van der Waals surface area (Å²) in [5, 5.41) is 9.63. The number of H-pyrrole nitrogens is 2. The molecular weight excluding hydrogens is 534 g/mol. The first-order valence-electron chi connectivity index (χ1n) is 12.0. The molecule has 1 aromatic carbocycles. The van der Waals surface area contributed by atoms with E-state index in [4.69, 9.17) is 0 Å². The van der Waals surface area contributed by atoms with Gasteiger partial charge in [0, 0.05) is 35.3 Å². The van der Waals surface area contributed by atoms with Crippen molar-refractivity contribution >= 4 is 45.0 Å². The summed E-state index contributed by atoms with van der Waals surface area (Å²) in [6, 6.07) is 15.1. The fraction of sp³-hybridized carbons (Fsp3) is 0. The summed E-state index contributed by atoms with van der Waals surface area (Å²) in [7, 11) is 0. The van der Waals surface area contributed by atoms with Crippen LogP contribution in [0.15, 0.2) is 79.4 Å². The van der Waals surface area contributed by atoms with Gasteiger partial charge < -0.3 is 10.3 Å². The minimum Gasteiger partial charge on any atom is -0.336 e. The van der Waals surface area contributed by atoms with Gasteiger partial charge in [-0.25, -0.2) is 14.4 Å². The number of pyridine rings is 3. The molecule has 0 bridgehead atoms. The van der Waals surface area contributed by atoms with Crippen LogP contribution in [0, 0.1) is 10.9 Å². The molecule has 0 spiro atoms. The van der Waals surface area contributed by atoms with E-state index in [1.54, 1.807) is 48.7 Å². The molecule has 0 saturated heterocycles. The number of aromatic nitrogens is 7. The number of anilines is 1. The molecule has 7 rings (SSSR count). The second kappa shape index (κ2) is 9.43. The van der Waals surface area contributed by atoms with E-state index in [0.29, 0.717) is 44.2 Å². The second-order valence-electron chi connectivity index (χ2n) is 8.81. The maximum absolute atomic E-state index is 16.1. The Kier molecular flexibility index (Phi) is 5.60. The van der Waals surface area contributed by atoms with Gasteiger partial charge in [0.1, 0.15) is 22.7 Å². The third-order valence-corrected chi connectivity index (χ3v) is 7.18. The standard InChI is InChI=1S/C28H16F2N8OS/c29-20-7-6-19(40-20)24-23-18(8-9-32-24)35-27(36-23)25-21-22(30)17(13-33-26(21)38-37-25)15-10-16(12-31-11-15)34-28(39)14-4-2-1-3-5-14/h1-13H,(H,34,39)(H,35,36)(H,33,37,38). The number of nitrogens with zero attached hydrogens (tertiary/aromatic N) is 5. The lowest BCUT2D eigenvalue weighted by atomic mass is 10.1. The van der Waals surface area contributed by atoms with Crippen LogP contribution in [-0.4, -0.2) is 41.0 Å². The summed E-state index contributed by atoms with van der Waals surface area (Å²) in [4.78, 5) is 33.9. The third kappa shape index (κ3) is 4.07. The molecule has 6 aromatic heterocycles. The van der Waals surface area contributed by atoms with Gasteiger partial charge in [0.25, 0.3) is 5.91 Å². The zero-order valence-corrected chi connectivity index (χ0v) is 21.1. The van der Waals surface area contributed by atoms with Gasteiger partial charge in [-0.15, -0.1) is 11.3 Å². The Bertz CT molecular complexity index is 2050. The zero-order chi connectivity index (χ0) is 27.2. The highest BCUT2D eigenvalue weighted by Crippen LogP contribution is 2.35. The van der Waals surface area contributed by atoms with E-state index in [9.17, 15) is 9.18 Å². The van der Waals surface area contributed by atoms with Crippen LogP contribution in [0.3, 0.4) is 0 Å². The number of fused-ring (bicyclic) bond motifs is 2. The van der Waals surface area contributed by atoms with Crippen LogP contribution in [0.5, 0.6) is 0 Å². The molecule has 40 heavy (non-hydrogen) atoms. The SMILES string of the molecule is O=C(Nc1cncc(-c2cnc3[nH]nc(-c4nc5c(-c6ccc(F)s6)nccc5[nH]4)c3c2F)c1)c1ccccc1. The van der Waals surface area contributed by atoms with Crippen molar-refractivity contribution in [2.45, 2.75) is 0 Å². The molecular formula is C28H16F2N8OS. The molecule has 0 radical (unpaired) electrons. The summed E-state index contributed by atoms with van der Waals surface area (Å²) < 4.78 is 29.8. The molecule has 0 aliphatic heterocycles. The highest BCUT2D eigenvalue weighted by molar-refractivity contribution is 7.13. The van der Waals surface area contributed by atoms with Crippen LogP contribution in [0.25, 0.3) is 55.3 Å². The normalized spacial score (nSPS) is 11.3. The van der Waals surface area contributed by atoms with E-state index in [2.05, 4.69) is 40.4 Å². The van der Waals surface area contributed by atoms with Crippen LogP contribution >= 0.6 is 11.3 Å².